The first-order valence-corrected chi connectivity index (χ1v) is 10.7. The standard InChI is InChI=1S/C24H24F4N4O/c1-3-15-4-7-17(8-5-15)20-11-21(24(26,27)28)32-22(31-20)18(13-30-32)23(33)29-12-16-6-9-19(25)14(2)10-16/h4-10,13,20-21,31H,3,11-12H2,1-2H3,(H,29,33)/t20-,21+/m0/s1. The van der Waals surface area contributed by atoms with Crippen molar-refractivity contribution in [2.75, 3.05) is 5.32 Å². The fourth-order valence-electron chi connectivity index (χ4n) is 4.03. The summed E-state index contributed by atoms with van der Waals surface area (Å²) >= 11 is 0. The van der Waals surface area contributed by atoms with E-state index >= 15 is 0 Å². The summed E-state index contributed by atoms with van der Waals surface area (Å²) in [6.45, 7) is 3.72. The number of anilines is 1. The monoisotopic (exact) mass is 460 g/mol. The van der Waals surface area contributed by atoms with Crippen molar-refractivity contribution >= 4 is 11.7 Å². The maximum atomic E-state index is 13.9. The van der Waals surface area contributed by atoms with E-state index in [0.29, 0.717) is 16.7 Å². The summed E-state index contributed by atoms with van der Waals surface area (Å²) in [7, 11) is 0. The molecular weight excluding hydrogens is 436 g/mol. The molecule has 1 aliphatic heterocycles. The van der Waals surface area contributed by atoms with Crippen LogP contribution >= 0.6 is 0 Å². The number of benzene rings is 2. The van der Waals surface area contributed by atoms with Crippen LogP contribution < -0.4 is 10.6 Å². The van der Waals surface area contributed by atoms with Crippen LogP contribution in [-0.4, -0.2) is 21.9 Å². The van der Waals surface area contributed by atoms with Crippen molar-refractivity contribution in [3.8, 4) is 0 Å². The number of nitrogens with one attached hydrogen (secondary N) is 2. The van der Waals surface area contributed by atoms with Gasteiger partial charge < -0.3 is 10.6 Å². The lowest BCUT2D eigenvalue weighted by atomic mass is 9.95. The molecule has 174 valence electrons. The summed E-state index contributed by atoms with van der Waals surface area (Å²) in [6.07, 6.45) is -2.79. The van der Waals surface area contributed by atoms with E-state index in [9.17, 15) is 22.4 Å². The number of carbonyl (C=O) groups is 1. The number of amides is 1. The summed E-state index contributed by atoms with van der Waals surface area (Å²) in [5.41, 5.74) is 2.94. The van der Waals surface area contributed by atoms with Gasteiger partial charge in [-0.3, -0.25) is 4.79 Å². The smallest absolute Gasteiger partial charge is 0.363 e. The lowest BCUT2D eigenvalue weighted by Gasteiger charge is -2.34. The molecule has 2 aromatic carbocycles. The second-order valence-electron chi connectivity index (χ2n) is 8.20. The normalized spacial score (nSPS) is 17.9. The molecular formula is C24H24F4N4O. The van der Waals surface area contributed by atoms with Crippen LogP contribution in [-0.2, 0) is 13.0 Å². The second-order valence-corrected chi connectivity index (χ2v) is 8.20. The lowest BCUT2D eigenvalue weighted by molar-refractivity contribution is -0.173. The molecule has 2 heterocycles. The van der Waals surface area contributed by atoms with Gasteiger partial charge in [0, 0.05) is 13.0 Å². The van der Waals surface area contributed by atoms with E-state index in [2.05, 4.69) is 15.7 Å². The molecule has 2 N–H and O–H groups in total. The lowest BCUT2D eigenvalue weighted by Crippen LogP contribution is -2.36. The minimum absolute atomic E-state index is 0.0259. The highest BCUT2D eigenvalue weighted by Gasteiger charge is 2.47. The molecule has 0 fully saturated rings. The third-order valence-corrected chi connectivity index (χ3v) is 5.95. The summed E-state index contributed by atoms with van der Waals surface area (Å²) in [6, 6.07) is 9.39. The Bertz CT molecular complexity index is 1150. The van der Waals surface area contributed by atoms with Gasteiger partial charge in [-0.15, -0.1) is 0 Å². The Morgan fingerprint density at radius 2 is 1.88 bits per heavy atom. The average molecular weight is 460 g/mol. The van der Waals surface area contributed by atoms with E-state index in [1.807, 2.05) is 31.2 Å². The number of carbonyl (C=O) groups excluding carboxylic acids is 1. The van der Waals surface area contributed by atoms with Crippen LogP contribution in [0.4, 0.5) is 23.4 Å². The van der Waals surface area contributed by atoms with Crippen molar-refractivity contribution in [3.05, 3.63) is 82.3 Å². The molecule has 2 atom stereocenters. The first-order chi connectivity index (χ1) is 15.7. The third-order valence-electron chi connectivity index (χ3n) is 5.95. The van der Waals surface area contributed by atoms with Crippen molar-refractivity contribution in [2.45, 2.75) is 51.5 Å². The Morgan fingerprint density at radius 3 is 2.52 bits per heavy atom. The Kier molecular flexibility index (Phi) is 6.14. The van der Waals surface area contributed by atoms with Gasteiger partial charge in [0.05, 0.1) is 12.2 Å². The number of aromatic nitrogens is 2. The quantitative estimate of drug-likeness (QED) is 0.496. The van der Waals surface area contributed by atoms with Crippen molar-refractivity contribution in [3.63, 3.8) is 0 Å². The van der Waals surface area contributed by atoms with Crippen LogP contribution in [0.2, 0.25) is 0 Å². The van der Waals surface area contributed by atoms with Crippen LogP contribution in [0.3, 0.4) is 0 Å². The molecule has 3 aromatic rings. The summed E-state index contributed by atoms with van der Waals surface area (Å²) in [4.78, 5) is 12.8. The highest BCUT2D eigenvalue weighted by Crippen LogP contribution is 2.44. The molecule has 1 aliphatic rings. The second kappa shape index (κ2) is 8.88. The molecule has 0 saturated heterocycles. The van der Waals surface area contributed by atoms with Gasteiger partial charge in [0.1, 0.15) is 17.2 Å². The molecule has 0 bridgehead atoms. The van der Waals surface area contributed by atoms with Crippen LogP contribution in [0.1, 0.15) is 58.0 Å². The van der Waals surface area contributed by atoms with Crippen molar-refractivity contribution in [1.82, 2.24) is 15.1 Å². The van der Waals surface area contributed by atoms with E-state index in [4.69, 9.17) is 0 Å². The Morgan fingerprint density at radius 1 is 1.18 bits per heavy atom. The maximum Gasteiger partial charge on any atom is 0.410 e. The van der Waals surface area contributed by atoms with Crippen molar-refractivity contribution in [1.29, 1.82) is 0 Å². The number of hydrogen-bond donors (Lipinski definition) is 2. The van der Waals surface area contributed by atoms with Crippen LogP contribution in [0.5, 0.6) is 0 Å². The zero-order chi connectivity index (χ0) is 23.8. The highest BCUT2D eigenvalue weighted by molar-refractivity contribution is 5.98. The van der Waals surface area contributed by atoms with Gasteiger partial charge in [0.15, 0.2) is 6.04 Å². The minimum atomic E-state index is -4.52. The number of alkyl halides is 3. The zero-order valence-corrected chi connectivity index (χ0v) is 18.2. The Balaban J connectivity index is 1.60. The average Bonchev–Trinajstić information content (AvgIpc) is 3.22. The molecule has 0 unspecified atom stereocenters. The molecule has 9 heteroatoms. The van der Waals surface area contributed by atoms with Gasteiger partial charge in [-0.2, -0.15) is 18.3 Å². The number of aryl methyl sites for hydroxylation is 2. The third kappa shape index (κ3) is 4.72. The Hall–Kier alpha value is -3.36. The summed E-state index contributed by atoms with van der Waals surface area (Å²) < 4.78 is 55.9. The number of hydrogen-bond acceptors (Lipinski definition) is 3. The molecule has 1 aromatic heterocycles. The first kappa shape index (κ1) is 22.8. The zero-order valence-electron chi connectivity index (χ0n) is 18.2. The molecule has 5 nitrogen and oxygen atoms in total. The molecule has 4 rings (SSSR count). The SMILES string of the molecule is CCc1ccc([C@@H]2C[C@H](C(F)(F)F)n3ncc(C(=O)NCc4ccc(F)c(C)c4)c3N2)cc1. The fraction of sp³-hybridized carbons (Fsp3) is 0.333. The molecule has 0 saturated carbocycles. The van der Waals surface area contributed by atoms with E-state index in [-0.39, 0.29) is 30.2 Å². The molecule has 33 heavy (non-hydrogen) atoms. The van der Waals surface area contributed by atoms with Gasteiger partial charge >= 0.3 is 6.18 Å². The van der Waals surface area contributed by atoms with E-state index in [1.165, 1.54) is 6.07 Å². The van der Waals surface area contributed by atoms with Crippen molar-refractivity contribution < 1.29 is 22.4 Å². The summed E-state index contributed by atoms with van der Waals surface area (Å²) in [5.74, 6) is -0.884. The Labute approximate surface area is 188 Å². The van der Waals surface area contributed by atoms with Gasteiger partial charge in [-0.05, 0) is 41.7 Å². The first-order valence-electron chi connectivity index (χ1n) is 10.7. The molecule has 0 spiro atoms. The fourth-order valence-corrected chi connectivity index (χ4v) is 4.03. The molecule has 0 aliphatic carbocycles. The van der Waals surface area contributed by atoms with Crippen molar-refractivity contribution in [2.24, 2.45) is 0 Å². The van der Waals surface area contributed by atoms with Crippen LogP contribution in [0, 0.1) is 12.7 Å². The highest BCUT2D eigenvalue weighted by atomic mass is 19.4. The van der Waals surface area contributed by atoms with Crippen LogP contribution in [0.25, 0.3) is 0 Å². The minimum Gasteiger partial charge on any atom is -0.363 e. The molecule has 0 radical (unpaired) electrons. The topological polar surface area (TPSA) is 59.0 Å². The van der Waals surface area contributed by atoms with Crippen LogP contribution in [0.15, 0.2) is 48.7 Å². The number of rotatable bonds is 5. The maximum absolute atomic E-state index is 13.9. The summed E-state index contributed by atoms with van der Waals surface area (Å²) in [5, 5.41) is 9.66. The van der Waals surface area contributed by atoms with Gasteiger partial charge in [0.2, 0.25) is 0 Å². The van der Waals surface area contributed by atoms with E-state index in [1.54, 1.807) is 19.1 Å². The van der Waals surface area contributed by atoms with Gasteiger partial charge in [-0.25, -0.2) is 9.07 Å². The van der Waals surface area contributed by atoms with E-state index < -0.39 is 24.2 Å². The predicted molar refractivity (Wildman–Crippen MR) is 116 cm³/mol. The van der Waals surface area contributed by atoms with Gasteiger partial charge in [-0.1, -0.05) is 43.3 Å². The number of fused-ring (bicyclic) bond motifs is 1. The number of nitrogens with zero attached hydrogens (tertiary/aromatic N) is 2. The number of halogens is 4. The predicted octanol–water partition coefficient (Wildman–Crippen LogP) is 5.48. The van der Waals surface area contributed by atoms with Gasteiger partial charge in [0.25, 0.3) is 5.91 Å². The van der Waals surface area contributed by atoms with E-state index in [0.717, 1.165) is 22.9 Å². The largest absolute Gasteiger partial charge is 0.410 e. The molecule has 1 amide bonds.